The maximum Gasteiger partial charge on any atom is 0.340 e. The highest BCUT2D eigenvalue weighted by Crippen LogP contribution is 2.20. The monoisotopic (exact) mass is 544 g/mol. The first-order valence-corrected chi connectivity index (χ1v) is 13.3. The molecule has 0 radical (unpaired) electrons. The van der Waals surface area contributed by atoms with Gasteiger partial charge in [0.05, 0.1) is 11.3 Å². The Balaban J connectivity index is 1.74. The van der Waals surface area contributed by atoms with Gasteiger partial charge in [-0.05, 0) is 49.2 Å². The molecule has 0 saturated carbocycles. The first-order chi connectivity index (χ1) is 16.9. The number of carbonyl (C=O) groups is 3. The average Bonchev–Trinajstić information content (AvgIpc) is 2.84. The largest absolute Gasteiger partial charge is 0.452 e. The highest BCUT2D eigenvalue weighted by atomic mass is 79.9. The van der Waals surface area contributed by atoms with E-state index in [9.17, 15) is 14.4 Å². The fourth-order valence-electron chi connectivity index (χ4n) is 3.71. The van der Waals surface area contributed by atoms with Crippen LogP contribution < -0.4 is 10.6 Å². The standard InChI is InChI=1S/C28H37BrN2O4/c1-3-4-5-6-7-8-9-10-11-16-26(32)31-25-15-13-12-14-23(25)28(34)35-20-27(33)30-22-17-18-24(29)21(2)19-22/h12-15,17-19H,3-11,16,20H2,1-2H3,(H,30,33)(H,31,32). The predicted molar refractivity (Wildman–Crippen MR) is 145 cm³/mol. The van der Waals surface area contributed by atoms with Crippen LogP contribution in [0.15, 0.2) is 46.9 Å². The number of benzene rings is 2. The number of nitrogens with one attached hydrogen (secondary N) is 2. The number of carbonyl (C=O) groups excluding carboxylic acids is 3. The van der Waals surface area contributed by atoms with Crippen LogP contribution in [0.2, 0.25) is 0 Å². The topological polar surface area (TPSA) is 84.5 Å². The van der Waals surface area contributed by atoms with Gasteiger partial charge in [0, 0.05) is 16.6 Å². The van der Waals surface area contributed by atoms with Gasteiger partial charge in [-0.1, -0.05) is 86.4 Å². The fourth-order valence-corrected chi connectivity index (χ4v) is 3.95. The van der Waals surface area contributed by atoms with Crippen molar-refractivity contribution >= 4 is 45.1 Å². The molecule has 7 heteroatoms. The summed E-state index contributed by atoms with van der Waals surface area (Å²) in [5.74, 6) is -1.23. The molecule has 35 heavy (non-hydrogen) atoms. The number of hydrogen-bond acceptors (Lipinski definition) is 4. The molecular formula is C28H37BrN2O4. The van der Waals surface area contributed by atoms with Crippen molar-refractivity contribution in [2.75, 3.05) is 17.2 Å². The first-order valence-electron chi connectivity index (χ1n) is 12.5. The van der Waals surface area contributed by atoms with Crippen molar-refractivity contribution in [3.63, 3.8) is 0 Å². The maximum absolute atomic E-state index is 12.6. The molecule has 2 rings (SSSR count). The Bertz CT molecular complexity index is 977. The van der Waals surface area contributed by atoms with E-state index in [1.54, 1.807) is 30.3 Å². The van der Waals surface area contributed by atoms with Crippen LogP contribution in [0.25, 0.3) is 0 Å². The van der Waals surface area contributed by atoms with E-state index < -0.39 is 18.5 Å². The number of halogens is 1. The lowest BCUT2D eigenvalue weighted by Crippen LogP contribution is -2.22. The zero-order chi connectivity index (χ0) is 25.5. The molecular weight excluding hydrogens is 508 g/mol. The molecule has 0 aliphatic carbocycles. The van der Waals surface area contributed by atoms with Gasteiger partial charge in [-0.25, -0.2) is 4.79 Å². The molecule has 0 spiro atoms. The Morgan fingerprint density at radius 1 is 0.829 bits per heavy atom. The third-order valence-electron chi connectivity index (χ3n) is 5.70. The van der Waals surface area contributed by atoms with E-state index in [2.05, 4.69) is 33.5 Å². The number of ether oxygens (including phenoxy) is 1. The summed E-state index contributed by atoms with van der Waals surface area (Å²) in [5.41, 5.74) is 2.21. The molecule has 2 amide bonds. The quantitative estimate of drug-likeness (QED) is 0.180. The zero-order valence-electron chi connectivity index (χ0n) is 20.8. The molecule has 0 unspecified atom stereocenters. The summed E-state index contributed by atoms with van der Waals surface area (Å²) in [6.45, 7) is 3.72. The van der Waals surface area contributed by atoms with Gasteiger partial charge in [-0.15, -0.1) is 0 Å². The molecule has 0 saturated heterocycles. The number of para-hydroxylation sites is 1. The minimum atomic E-state index is -0.661. The Hall–Kier alpha value is -2.67. The minimum Gasteiger partial charge on any atom is -0.452 e. The zero-order valence-corrected chi connectivity index (χ0v) is 22.4. The van der Waals surface area contributed by atoms with Crippen LogP contribution in [0.4, 0.5) is 11.4 Å². The second kappa shape index (κ2) is 16.1. The lowest BCUT2D eigenvalue weighted by Gasteiger charge is -2.11. The molecule has 0 aliphatic rings. The number of unbranched alkanes of at least 4 members (excludes halogenated alkanes) is 8. The number of anilines is 2. The van der Waals surface area contributed by atoms with Crippen molar-refractivity contribution in [3.8, 4) is 0 Å². The van der Waals surface area contributed by atoms with Crippen LogP contribution in [0.3, 0.4) is 0 Å². The predicted octanol–water partition coefficient (Wildman–Crippen LogP) is 7.41. The van der Waals surface area contributed by atoms with E-state index in [1.807, 2.05) is 19.1 Å². The second-order valence-electron chi connectivity index (χ2n) is 8.76. The van der Waals surface area contributed by atoms with E-state index in [0.29, 0.717) is 17.8 Å². The van der Waals surface area contributed by atoms with Crippen LogP contribution in [0.5, 0.6) is 0 Å². The number of hydrogen-bond donors (Lipinski definition) is 2. The van der Waals surface area contributed by atoms with Crippen molar-refractivity contribution in [1.29, 1.82) is 0 Å². The first kappa shape index (κ1) is 28.6. The lowest BCUT2D eigenvalue weighted by atomic mass is 10.1. The third-order valence-corrected chi connectivity index (χ3v) is 6.59. The number of esters is 1. The molecule has 2 aromatic carbocycles. The van der Waals surface area contributed by atoms with Crippen LogP contribution in [-0.2, 0) is 14.3 Å². The Morgan fingerprint density at radius 2 is 1.49 bits per heavy atom. The van der Waals surface area contributed by atoms with Crippen LogP contribution >= 0.6 is 15.9 Å². The maximum atomic E-state index is 12.6. The van der Waals surface area contributed by atoms with Gasteiger partial charge in [-0.3, -0.25) is 9.59 Å². The summed E-state index contributed by atoms with van der Waals surface area (Å²) in [7, 11) is 0. The van der Waals surface area contributed by atoms with Gasteiger partial charge >= 0.3 is 5.97 Å². The smallest absolute Gasteiger partial charge is 0.340 e. The number of aryl methyl sites for hydroxylation is 1. The molecule has 0 bridgehead atoms. The summed E-state index contributed by atoms with van der Waals surface area (Å²) >= 11 is 3.42. The molecule has 0 aliphatic heterocycles. The molecule has 2 aromatic rings. The van der Waals surface area contributed by atoms with Gasteiger partial charge in [0.1, 0.15) is 0 Å². The highest BCUT2D eigenvalue weighted by Gasteiger charge is 2.16. The van der Waals surface area contributed by atoms with E-state index in [0.717, 1.165) is 29.3 Å². The van der Waals surface area contributed by atoms with Crippen molar-refractivity contribution in [2.45, 2.75) is 78.1 Å². The van der Waals surface area contributed by atoms with Crippen LogP contribution in [-0.4, -0.2) is 24.4 Å². The highest BCUT2D eigenvalue weighted by molar-refractivity contribution is 9.10. The van der Waals surface area contributed by atoms with Crippen molar-refractivity contribution in [1.82, 2.24) is 0 Å². The summed E-state index contributed by atoms with van der Waals surface area (Å²) in [6.07, 6.45) is 11.1. The Morgan fingerprint density at radius 3 is 2.17 bits per heavy atom. The Labute approximate surface area is 217 Å². The van der Waals surface area contributed by atoms with E-state index in [-0.39, 0.29) is 11.5 Å². The SMILES string of the molecule is CCCCCCCCCCCC(=O)Nc1ccccc1C(=O)OCC(=O)Nc1ccc(Br)c(C)c1. The summed E-state index contributed by atoms with van der Waals surface area (Å²) < 4.78 is 6.13. The summed E-state index contributed by atoms with van der Waals surface area (Å²) in [5, 5.41) is 5.52. The van der Waals surface area contributed by atoms with Crippen molar-refractivity contribution in [3.05, 3.63) is 58.1 Å². The van der Waals surface area contributed by atoms with Gasteiger partial charge in [0.15, 0.2) is 6.61 Å². The van der Waals surface area contributed by atoms with Gasteiger partial charge in [0.25, 0.3) is 5.91 Å². The number of amides is 2. The number of rotatable bonds is 15. The summed E-state index contributed by atoms with van der Waals surface area (Å²) in [4.78, 5) is 37.2. The van der Waals surface area contributed by atoms with Gasteiger partial charge in [0.2, 0.25) is 5.91 Å². The second-order valence-corrected chi connectivity index (χ2v) is 9.61. The minimum absolute atomic E-state index is 0.128. The normalized spacial score (nSPS) is 10.6. The Kier molecular flexibility index (Phi) is 13.1. The van der Waals surface area contributed by atoms with Gasteiger partial charge < -0.3 is 15.4 Å². The molecule has 6 nitrogen and oxygen atoms in total. The van der Waals surface area contributed by atoms with E-state index in [1.165, 1.54) is 38.5 Å². The van der Waals surface area contributed by atoms with Crippen molar-refractivity contribution in [2.24, 2.45) is 0 Å². The fraction of sp³-hybridized carbons (Fsp3) is 0.464. The van der Waals surface area contributed by atoms with E-state index >= 15 is 0 Å². The molecule has 190 valence electrons. The van der Waals surface area contributed by atoms with Crippen LogP contribution in [0.1, 0.15) is 87.1 Å². The van der Waals surface area contributed by atoms with Gasteiger partial charge in [-0.2, -0.15) is 0 Å². The molecule has 0 heterocycles. The lowest BCUT2D eigenvalue weighted by molar-refractivity contribution is -0.119. The molecule has 0 atom stereocenters. The van der Waals surface area contributed by atoms with E-state index in [4.69, 9.17) is 4.74 Å². The third kappa shape index (κ3) is 11.1. The van der Waals surface area contributed by atoms with Crippen LogP contribution in [0, 0.1) is 6.92 Å². The molecule has 0 aromatic heterocycles. The summed E-state index contributed by atoms with van der Waals surface area (Å²) in [6, 6.07) is 12.1. The average molecular weight is 546 g/mol. The van der Waals surface area contributed by atoms with Crippen molar-refractivity contribution < 1.29 is 19.1 Å². The molecule has 2 N–H and O–H groups in total. The molecule has 0 fully saturated rings.